The van der Waals surface area contributed by atoms with Gasteiger partial charge in [-0.1, -0.05) is 38.1 Å². The fraction of sp³-hybridized carbons (Fsp3) is 0.571. The Kier molecular flexibility index (Phi) is 6.61. The summed E-state index contributed by atoms with van der Waals surface area (Å²) in [7, 11) is 0. The minimum atomic E-state index is -0.437. The third-order valence-corrected chi connectivity index (χ3v) is 5.67. The van der Waals surface area contributed by atoms with Crippen LogP contribution in [0.5, 0.6) is 0 Å². The number of hydrogen-bond acceptors (Lipinski definition) is 5. The monoisotopic (exact) mass is 398 g/mol. The van der Waals surface area contributed by atoms with Crippen LogP contribution < -0.4 is 0 Å². The van der Waals surface area contributed by atoms with Gasteiger partial charge in [-0.15, -0.1) is 5.10 Å². The zero-order valence-corrected chi connectivity index (χ0v) is 17.7. The highest BCUT2D eigenvalue weighted by molar-refractivity contribution is 5.88. The molecule has 0 saturated carbocycles. The molecule has 2 amide bonds. The van der Waals surface area contributed by atoms with Crippen molar-refractivity contribution in [3.05, 3.63) is 41.7 Å². The van der Waals surface area contributed by atoms with E-state index in [0.29, 0.717) is 38.4 Å². The van der Waals surface area contributed by atoms with Crippen molar-refractivity contribution in [2.45, 2.75) is 58.5 Å². The van der Waals surface area contributed by atoms with Crippen molar-refractivity contribution in [3.8, 4) is 0 Å². The molecule has 8 heteroatoms. The van der Waals surface area contributed by atoms with Crippen molar-refractivity contribution < 1.29 is 9.59 Å². The van der Waals surface area contributed by atoms with E-state index in [9.17, 15) is 9.59 Å². The van der Waals surface area contributed by atoms with E-state index in [-0.39, 0.29) is 17.9 Å². The lowest BCUT2D eigenvalue weighted by atomic mass is 9.87. The first-order valence-electron chi connectivity index (χ1n) is 10.4. The average Bonchev–Trinajstić information content (AvgIpc) is 3.24. The van der Waals surface area contributed by atoms with Crippen molar-refractivity contribution >= 4 is 11.8 Å². The van der Waals surface area contributed by atoms with Gasteiger partial charge in [0, 0.05) is 26.1 Å². The molecule has 29 heavy (non-hydrogen) atoms. The van der Waals surface area contributed by atoms with E-state index in [4.69, 9.17) is 0 Å². The topological polar surface area (TPSA) is 84.2 Å². The second-order valence-corrected chi connectivity index (χ2v) is 7.70. The Hall–Kier alpha value is -2.77. The van der Waals surface area contributed by atoms with Gasteiger partial charge in [-0.3, -0.25) is 9.59 Å². The van der Waals surface area contributed by atoms with E-state index in [0.717, 1.165) is 5.56 Å². The number of amides is 2. The fourth-order valence-electron chi connectivity index (χ4n) is 3.91. The Labute approximate surface area is 171 Å². The molecule has 1 saturated heterocycles. The second kappa shape index (κ2) is 9.15. The molecule has 1 aromatic heterocycles. The molecule has 0 bridgehead atoms. The van der Waals surface area contributed by atoms with Crippen LogP contribution in [0.2, 0.25) is 0 Å². The molecule has 2 aromatic rings. The van der Waals surface area contributed by atoms with Crippen molar-refractivity contribution in [3.63, 3.8) is 0 Å². The number of likely N-dealkylation sites (tertiary alicyclic amines) is 1. The van der Waals surface area contributed by atoms with Crippen LogP contribution in [-0.2, 0) is 9.59 Å². The Morgan fingerprint density at radius 2 is 1.83 bits per heavy atom. The maximum absolute atomic E-state index is 12.9. The molecule has 3 rings (SSSR count). The first-order chi connectivity index (χ1) is 14.0. The number of carbonyl (C=O) groups excluding carboxylic acids is 2. The summed E-state index contributed by atoms with van der Waals surface area (Å²) >= 11 is 0. The standard InChI is InChI=1S/C21H30N6O2/c1-5-25(6-2)18(28)8-7-13-26-19(17-11-9-16(10-12-17)15(3)4)20(21(26)29)27-14-22-23-24-27/h9-12,14-15,19-20H,5-8,13H2,1-4H3/t19-,20-/m1/s1. The maximum Gasteiger partial charge on any atom is 0.250 e. The molecule has 0 unspecified atom stereocenters. The van der Waals surface area contributed by atoms with Crippen LogP contribution >= 0.6 is 0 Å². The Bertz CT molecular complexity index is 814. The van der Waals surface area contributed by atoms with Crippen LogP contribution in [0.15, 0.2) is 30.6 Å². The highest BCUT2D eigenvalue weighted by Gasteiger charge is 2.49. The van der Waals surface area contributed by atoms with E-state index in [2.05, 4.69) is 53.6 Å². The zero-order chi connectivity index (χ0) is 21.0. The van der Waals surface area contributed by atoms with E-state index >= 15 is 0 Å². The van der Waals surface area contributed by atoms with Crippen molar-refractivity contribution in [2.75, 3.05) is 19.6 Å². The van der Waals surface area contributed by atoms with Gasteiger partial charge in [0.05, 0.1) is 6.04 Å². The summed E-state index contributed by atoms with van der Waals surface area (Å²) in [6, 6.07) is 7.82. The van der Waals surface area contributed by atoms with Gasteiger partial charge in [0.2, 0.25) is 5.91 Å². The van der Waals surface area contributed by atoms with Crippen LogP contribution in [0.3, 0.4) is 0 Å². The number of aromatic nitrogens is 4. The predicted octanol–water partition coefficient (Wildman–Crippen LogP) is 2.57. The molecule has 0 radical (unpaired) electrons. The first-order valence-corrected chi connectivity index (χ1v) is 10.4. The number of hydrogen-bond donors (Lipinski definition) is 0. The third kappa shape index (κ3) is 4.31. The highest BCUT2D eigenvalue weighted by Crippen LogP contribution is 2.43. The quantitative estimate of drug-likeness (QED) is 0.606. The Morgan fingerprint density at radius 3 is 2.38 bits per heavy atom. The lowest BCUT2D eigenvalue weighted by Gasteiger charge is -2.47. The van der Waals surface area contributed by atoms with Gasteiger partial charge in [0.25, 0.3) is 5.91 Å². The summed E-state index contributed by atoms with van der Waals surface area (Å²) in [4.78, 5) is 28.8. The molecule has 0 spiro atoms. The molecular weight excluding hydrogens is 368 g/mol. The van der Waals surface area contributed by atoms with Gasteiger partial charge in [0.1, 0.15) is 6.33 Å². The maximum atomic E-state index is 12.9. The Morgan fingerprint density at radius 1 is 1.14 bits per heavy atom. The first kappa shape index (κ1) is 21.0. The molecule has 156 valence electrons. The molecule has 0 N–H and O–H groups in total. The van der Waals surface area contributed by atoms with Crippen LogP contribution in [0, 0.1) is 0 Å². The molecule has 1 fully saturated rings. The molecule has 0 aliphatic carbocycles. The minimum absolute atomic E-state index is 0.00877. The average molecular weight is 399 g/mol. The molecule has 1 aliphatic rings. The summed E-state index contributed by atoms with van der Waals surface area (Å²) in [5.41, 5.74) is 2.32. The predicted molar refractivity (Wildman–Crippen MR) is 109 cm³/mol. The largest absolute Gasteiger partial charge is 0.343 e. The van der Waals surface area contributed by atoms with Gasteiger partial charge < -0.3 is 9.80 Å². The summed E-state index contributed by atoms with van der Waals surface area (Å²) in [6.07, 6.45) is 2.57. The number of carbonyl (C=O) groups is 2. The summed E-state index contributed by atoms with van der Waals surface area (Å²) in [5.74, 6) is 0.577. The molecule has 8 nitrogen and oxygen atoms in total. The summed E-state index contributed by atoms with van der Waals surface area (Å²) in [5, 5.41) is 11.3. The van der Waals surface area contributed by atoms with E-state index in [1.807, 2.05) is 23.6 Å². The molecule has 1 aliphatic heterocycles. The molecule has 2 atom stereocenters. The molecular formula is C21H30N6O2. The van der Waals surface area contributed by atoms with E-state index < -0.39 is 6.04 Å². The van der Waals surface area contributed by atoms with Crippen molar-refractivity contribution in [1.29, 1.82) is 0 Å². The SMILES string of the molecule is CCN(CC)C(=O)CCCN1C(=O)[C@H](n2cnnn2)[C@H]1c1ccc(C(C)C)cc1. The smallest absolute Gasteiger partial charge is 0.250 e. The van der Waals surface area contributed by atoms with Crippen LogP contribution in [-0.4, -0.2) is 61.5 Å². The van der Waals surface area contributed by atoms with Gasteiger partial charge in [-0.2, -0.15) is 0 Å². The number of benzene rings is 1. The number of β-lactam (4-membered cyclic amide) rings is 1. The molecule has 2 heterocycles. The lowest BCUT2D eigenvalue weighted by molar-refractivity contribution is -0.156. The number of tetrazole rings is 1. The van der Waals surface area contributed by atoms with Crippen LogP contribution in [0.25, 0.3) is 0 Å². The normalized spacial score (nSPS) is 18.8. The minimum Gasteiger partial charge on any atom is -0.343 e. The highest BCUT2D eigenvalue weighted by atomic mass is 16.2. The zero-order valence-electron chi connectivity index (χ0n) is 17.7. The second-order valence-electron chi connectivity index (χ2n) is 7.70. The van der Waals surface area contributed by atoms with Gasteiger partial charge in [-0.05, 0) is 47.7 Å². The number of rotatable bonds is 9. The Balaban J connectivity index is 1.73. The van der Waals surface area contributed by atoms with Gasteiger partial charge in [0.15, 0.2) is 6.04 Å². The van der Waals surface area contributed by atoms with Crippen LogP contribution in [0.4, 0.5) is 0 Å². The van der Waals surface area contributed by atoms with E-state index in [1.54, 1.807) is 0 Å². The summed E-state index contributed by atoms with van der Waals surface area (Å²) in [6.45, 7) is 10.2. The molecule has 1 aromatic carbocycles. The van der Waals surface area contributed by atoms with Crippen molar-refractivity contribution in [1.82, 2.24) is 30.0 Å². The summed E-state index contributed by atoms with van der Waals surface area (Å²) < 4.78 is 1.53. The van der Waals surface area contributed by atoms with E-state index in [1.165, 1.54) is 16.6 Å². The fourth-order valence-corrected chi connectivity index (χ4v) is 3.91. The lowest BCUT2D eigenvalue weighted by Crippen LogP contribution is -2.56. The van der Waals surface area contributed by atoms with Crippen LogP contribution in [0.1, 0.15) is 69.7 Å². The van der Waals surface area contributed by atoms with Gasteiger partial charge in [-0.25, -0.2) is 4.68 Å². The third-order valence-electron chi connectivity index (χ3n) is 5.67. The van der Waals surface area contributed by atoms with Crippen molar-refractivity contribution in [2.24, 2.45) is 0 Å². The van der Waals surface area contributed by atoms with Gasteiger partial charge >= 0.3 is 0 Å². The number of nitrogens with zero attached hydrogens (tertiary/aromatic N) is 6.